The average molecular weight is 518 g/mol. The second-order valence-corrected chi connectivity index (χ2v) is 9.34. The molecule has 0 bridgehead atoms. The number of rotatable bonds is 7. The van der Waals surface area contributed by atoms with Crippen molar-refractivity contribution in [3.8, 4) is 0 Å². The van der Waals surface area contributed by atoms with Crippen molar-refractivity contribution in [2.45, 2.75) is 38.0 Å². The number of nitrogens with one attached hydrogen (secondary N) is 1. The normalized spacial score (nSPS) is 22.5. The van der Waals surface area contributed by atoms with Gasteiger partial charge in [0.2, 0.25) is 17.8 Å². The third kappa shape index (κ3) is 5.27. The number of primary amides is 1. The van der Waals surface area contributed by atoms with Crippen LogP contribution in [0.5, 0.6) is 0 Å². The number of aliphatic imine (C=N–C) groups is 1. The van der Waals surface area contributed by atoms with Gasteiger partial charge in [-0.3, -0.25) is 14.2 Å². The van der Waals surface area contributed by atoms with Crippen LogP contribution >= 0.6 is 0 Å². The van der Waals surface area contributed by atoms with Gasteiger partial charge in [0.15, 0.2) is 11.5 Å². The maximum atomic E-state index is 14.1. The molecule has 1 atom stereocenters. The summed E-state index contributed by atoms with van der Waals surface area (Å²) in [4.78, 5) is 35.8. The lowest BCUT2D eigenvalue weighted by molar-refractivity contribution is -0.155. The van der Waals surface area contributed by atoms with E-state index < -0.39 is 18.1 Å². The van der Waals surface area contributed by atoms with Gasteiger partial charge < -0.3 is 30.3 Å². The van der Waals surface area contributed by atoms with E-state index in [1.54, 1.807) is 42.2 Å². The highest BCUT2D eigenvalue weighted by molar-refractivity contribution is 5.91. The minimum atomic E-state index is -2.81. The van der Waals surface area contributed by atoms with E-state index in [-0.39, 0.29) is 30.7 Å². The van der Waals surface area contributed by atoms with E-state index in [4.69, 9.17) is 20.2 Å². The van der Waals surface area contributed by atoms with Crippen LogP contribution in [0.1, 0.15) is 32.0 Å². The smallest absolute Gasteiger partial charge is 0.296 e. The summed E-state index contributed by atoms with van der Waals surface area (Å²) in [7, 11) is 0. The van der Waals surface area contributed by atoms with Crippen molar-refractivity contribution in [1.82, 2.24) is 24.7 Å². The van der Waals surface area contributed by atoms with Crippen LogP contribution < -0.4 is 11.1 Å². The number of fused-ring (bicyclic) bond motifs is 1. The highest BCUT2D eigenvalue weighted by atomic mass is 19.3. The largest absolute Gasteiger partial charge is 0.378 e. The molecule has 2 saturated heterocycles. The van der Waals surface area contributed by atoms with Gasteiger partial charge in [-0.25, -0.2) is 18.8 Å². The first-order valence-corrected chi connectivity index (χ1v) is 12.1. The van der Waals surface area contributed by atoms with Crippen molar-refractivity contribution >= 4 is 34.6 Å². The lowest BCUT2D eigenvalue weighted by Crippen LogP contribution is -2.58. The van der Waals surface area contributed by atoms with E-state index in [0.29, 0.717) is 62.2 Å². The van der Waals surface area contributed by atoms with Gasteiger partial charge in [0.05, 0.1) is 30.4 Å². The number of aromatic nitrogens is 2. The van der Waals surface area contributed by atoms with E-state index in [1.165, 1.54) is 4.57 Å². The van der Waals surface area contributed by atoms with Crippen LogP contribution in [0.25, 0.3) is 16.9 Å². The van der Waals surface area contributed by atoms with Crippen LogP contribution in [0.3, 0.4) is 0 Å². The monoisotopic (exact) mass is 517 g/mol. The van der Waals surface area contributed by atoms with Crippen molar-refractivity contribution in [2.24, 2.45) is 10.7 Å². The number of guanidine groups is 1. The summed E-state index contributed by atoms with van der Waals surface area (Å²) < 4.78 is 41.3. The maximum absolute atomic E-state index is 14.1. The number of ether oxygens (including phenoxy) is 2. The number of halogens is 2. The van der Waals surface area contributed by atoms with Crippen molar-refractivity contribution in [1.29, 1.82) is 0 Å². The van der Waals surface area contributed by atoms with Crippen molar-refractivity contribution in [3.63, 3.8) is 0 Å². The van der Waals surface area contributed by atoms with Crippen LogP contribution in [0.2, 0.25) is 0 Å². The molecular formula is C24H29F2N7O4. The molecule has 37 heavy (non-hydrogen) atoms. The third-order valence-electron chi connectivity index (χ3n) is 6.50. The topological polar surface area (TPSA) is 127 Å². The molecule has 11 nitrogen and oxygen atoms in total. The molecule has 13 heteroatoms. The number of nitrogens with two attached hydrogens (primary N) is 1. The molecule has 0 radical (unpaired) electrons. The van der Waals surface area contributed by atoms with Gasteiger partial charge in [-0.15, -0.1) is 0 Å². The number of imidazole rings is 1. The highest BCUT2D eigenvalue weighted by Gasteiger charge is 2.39. The van der Waals surface area contributed by atoms with Crippen molar-refractivity contribution < 1.29 is 27.8 Å². The molecule has 0 aliphatic carbocycles. The van der Waals surface area contributed by atoms with E-state index in [0.717, 1.165) is 0 Å². The number of likely N-dealkylation sites (tertiary alicyclic amines) is 1. The molecule has 2 amide bonds. The van der Waals surface area contributed by atoms with Gasteiger partial charge in [-0.05, 0) is 19.1 Å². The summed E-state index contributed by atoms with van der Waals surface area (Å²) in [5, 5.41) is 3.21. The molecule has 0 saturated carbocycles. The second-order valence-electron chi connectivity index (χ2n) is 9.34. The van der Waals surface area contributed by atoms with Gasteiger partial charge in [-0.1, -0.05) is 12.1 Å². The van der Waals surface area contributed by atoms with Crippen molar-refractivity contribution in [3.05, 3.63) is 36.2 Å². The van der Waals surface area contributed by atoms with Crippen LogP contribution in [0.15, 0.2) is 35.3 Å². The predicted octanol–water partition coefficient (Wildman–Crippen LogP) is 1.27. The number of hydrogen-bond donors (Lipinski definition) is 2. The molecule has 1 aromatic carbocycles. The Morgan fingerprint density at radius 3 is 2.68 bits per heavy atom. The lowest BCUT2D eigenvalue weighted by atomic mass is 10.1. The summed E-state index contributed by atoms with van der Waals surface area (Å²) in [6, 6.07) is 6.94. The molecule has 5 rings (SSSR count). The lowest BCUT2D eigenvalue weighted by Gasteiger charge is -2.43. The molecular weight excluding hydrogens is 488 g/mol. The first-order valence-electron chi connectivity index (χ1n) is 12.1. The quantitative estimate of drug-likeness (QED) is 0.566. The van der Waals surface area contributed by atoms with E-state index in [9.17, 15) is 18.4 Å². The van der Waals surface area contributed by atoms with Gasteiger partial charge in [0, 0.05) is 45.1 Å². The Morgan fingerprint density at radius 1 is 1.24 bits per heavy atom. The average Bonchev–Trinajstić information content (AvgIpc) is 3.25. The first-order chi connectivity index (χ1) is 17.7. The molecule has 2 fully saturated rings. The van der Waals surface area contributed by atoms with Crippen LogP contribution in [-0.2, 0) is 19.1 Å². The molecule has 0 spiro atoms. The number of carbonyl (C=O) groups excluding carboxylic acids is 2. The summed E-state index contributed by atoms with van der Waals surface area (Å²) in [6.45, 7) is 4.61. The van der Waals surface area contributed by atoms with Gasteiger partial charge >= 0.3 is 0 Å². The maximum Gasteiger partial charge on any atom is 0.296 e. The first kappa shape index (κ1) is 25.1. The number of nitrogens with zero attached hydrogens (tertiary/aromatic N) is 5. The molecule has 3 aliphatic rings. The highest BCUT2D eigenvalue weighted by Crippen LogP contribution is 2.32. The second kappa shape index (κ2) is 10.1. The molecule has 3 N–H and O–H groups in total. The molecule has 1 unspecified atom stereocenters. The van der Waals surface area contributed by atoms with Crippen LogP contribution in [-0.4, -0.2) is 88.3 Å². The number of carbonyl (C=O) groups is 2. The fourth-order valence-corrected chi connectivity index (χ4v) is 4.67. The SMILES string of the molecule is CC1(OC2CN(C(=O)CCC(N)=O)C2)C=C(n2c(C(F)F)nc3ccccc32)NC(N2CCOCC2)=N1. The zero-order chi connectivity index (χ0) is 26.2. The fourth-order valence-electron chi connectivity index (χ4n) is 4.67. The molecule has 2 aromatic rings. The number of morpholine rings is 1. The number of alkyl halides is 2. The fraction of sp³-hybridized carbons (Fsp3) is 0.500. The number of benzene rings is 1. The predicted molar refractivity (Wildman–Crippen MR) is 130 cm³/mol. The molecule has 198 valence electrons. The zero-order valence-electron chi connectivity index (χ0n) is 20.4. The summed E-state index contributed by atoms with van der Waals surface area (Å²) in [5.41, 5.74) is 4.90. The summed E-state index contributed by atoms with van der Waals surface area (Å²) >= 11 is 0. The van der Waals surface area contributed by atoms with Crippen LogP contribution in [0.4, 0.5) is 8.78 Å². The van der Waals surface area contributed by atoms with Crippen molar-refractivity contribution in [2.75, 3.05) is 39.4 Å². The Bertz CT molecular complexity index is 1250. The molecule has 1 aromatic heterocycles. The van der Waals surface area contributed by atoms with Gasteiger partial charge in [0.1, 0.15) is 5.82 Å². The van der Waals surface area contributed by atoms with E-state index in [1.807, 2.05) is 4.90 Å². The molecule has 3 aliphatic heterocycles. The number of amides is 2. The Kier molecular flexibility index (Phi) is 6.82. The number of para-hydroxylation sites is 2. The summed E-state index contributed by atoms with van der Waals surface area (Å²) in [6.07, 6.45) is -1.42. The molecule has 4 heterocycles. The Balaban J connectivity index is 1.43. The third-order valence-corrected chi connectivity index (χ3v) is 6.50. The minimum absolute atomic E-state index is 0.00508. The standard InChI is InChI=1S/C24H29F2N7O4/c1-24(37-15-13-32(14-15)20(35)7-6-18(27)34)12-19(29-23(30-24)31-8-10-36-11-9-31)33-17-5-3-2-4-16(17)28-22(33)21(25)26/h2-5,12,15,21H,6-11,13-14H2,1H3,(H2,27,34)(H,29,30). The number of hydrogen-bond acceptors (Lipinski definition) is 8. The van der Waals surface area contributed by atoms with Gasteiger partial charge in [0.25, 0.3) is 6.43 Å². The minimum Gasteiger partial charge on any atom is -0.378 e. The Hall–Kier alpha value is -3.58. The Morgan fingerprint density at radius 2 is 1.97 bits per heavy atom. The van der Waals surface area contributed by atoms with Crippen LogP contribution in [0, 0.1) is 0 Å². The van der Waals surface area contributed by atoms with E-state index >= 15 is 0 Å². The summed E-state index contributed by atoms with van der Waals surface area (Å²) in [5.74, 6) is -0.247. The zero-order valence-corrected chi connectivity index (χ0v) is 20.4. The van der Waals surface area contributed by atoms with E-state index in [2.05, 4.69) is 10.3 Å². The van der Waals surface area contributed by atoms with Gasteiger partial charge in [-0.2, -0.15) is 0 Å². The Labute approximate surface area is 211 Å².